The highest BCUT2D eigenvalue weighted by molar-refractivity contribution is 5.99. The number of likely N-dealkylation sites (N-methyl/N-ethyl adjacent to an activating group) is 1. The summed E-state index contributed by atoms with van der Waals surface area (Å²) in [5, 5.41) is 2.82. The van der Waals surface area contributed by atoms with Gasteiger partial charge in [-0.05, 0) is 50.1 Å². The number of aromatic nitrogens is 2. The average molecular weight is 471 g/mol. The van der Waals surface area contributed by atoms with Crippen molar-refractivity contribution in [2.75, 3.05) is 18.4 Å². The molecule has 1 aromatic heterocycles. The summed E-state index contributed by atoms with van der Waals surface area (Å²) in [4.78, 5) is 32.1. The van der Waals surface area contributed by atoms with Gasteiger partial charge in [0.15, 0.2) is 0 Å². The Hall–Kier alpha value is -4.26. The van der Waals surface area contributed by atoms with E-state index in [4.69, 9.17) is 0 Å². The maximum atomic E-state index is 14.3. The van der Waals surface area contributed by atoms with Crippen molar-refractivity contribution in [3.05, 3.63) is 102 Å². The van der Waals surface area contributed by atoms with Crippen molar-refractivity contribution in [3.63, 3.8) is 0 Å². The minimum absolute atomic E-state index is 0.139. The van der Waals surface area contributed by atoms with Crippen LogP contribution in [0.2, 0.25) is 0 Å². The Morgan fingerprint density at radius 2 is 1.69 bits per heavy atom. The summed E-state index contributed by atoms with van der Waals surface area (Å²) in [5.41, 5.74) is 3.95. The lowest BCUT2D eigenvalue weighted by Crippen LogP contribution is -2.38. The van der Waals surface area contributed by atoms with E-state index in [9.17, 15) is 14.0 Å². The Labute approximate surface area is 204 Å². The highest BCUT2D eigenvalue weighted by Gasteiger charge is 2.21. The molecule has 0 aliphatic heterocycles. The number of hydrogen-bond donors (Lipinski definition) is 1. The Kier molecular flexibility index (Phi) is 7.06. The van der Waals surface area contributed by atoms with E-state index in [1.165, 1.54) is 11.0 Å². The SMILES string of the molecule is CCN(CC(=O)Nc1nc(-c2ccccc2)cn1-c1ccc(C)c(F)c1)C(=O)c1ccccc1C. The van der Waals surface area contributed by atoms with Crippen LogP contribution >= 0.6 is 0 Å². The lowest BCUT2D eigenvalue weighted by Gasteiger charge is -2.21. The number of benzene rings is 3. The van der Waals surface area contributed by atoms with Gasteiger partial charge in [0.1, 0.15) is 12.4 Å². The molecule has 0 saturated heterocycles. The predicted molar refractivity (Wildman–Crippen MR) is 135 cm³/mol. The number of rotatable bonds is 7. The van der Waals surface area contributed by atoms with Gasteiger partial charge < -0.3 is 4.90 Å². The second-order valence-corrected chi connectivity index (χ2v) is 8.30. The average Bonchev–Trinajstić information content (AvgIpc) is 3.28. The Bertz CT molecular complexity index is 1360. The minimum atomic E-state index is -0.396. The number of imidazole rings is 1. The first-order chi connectivity index (χ1) is 16.9. The number of aryl methyl sites for hydroxylation is 2. The van der Waals surface area contributed by atoms with Gasteiger partial charge in [-0.1, -0.05) is 54.6 Å². The van der Waals surface area contributed by atoms with Gasteiger partial charge >= 0.3 is 0 Å². The zero-order valence-corrected chi connectivity index (χ0v) is 20.0. The first-order valence-corrected chi connectivity index (χ1v) is 11.4. The lowest BCUT2D eigenvalue weighted by molar-refractivity contribution is -0.116. The Balaban J connectivity index is 1.62. The van der Waals surface area contributed by atoms with Crippen LogP contribution in [0, 0.1) is 19.7 Å². The van der Waals surface area contributed by atoms with Crippen molar-refractivity contribution < 1.29 is 14.0 Å². The van der Waals surface area contributed by atoms with Crippen LogP contribution in [-0.2, 0) is 4.79 Å². The lowest BCUT2D eigenvalue weighted by atomic mass is 10.1. The van der Waals surface area contributed by atoms with Crippen molar-refractivity contribution in [2.24, 2.45) is 0 Å². The number of anilines is 1. The molecule has 0 unspecified atom stereocenters. The van der Waals surface area contributed by atoms with Crippen molar-refractivity contribution in [1.29, 1.82) is 0 Å². The van der Waals surface area contributed by atoms with Gasteiger partial charge in [-0.25, -0.2) is 9.37 Å². The van der Waals surface area contributed by atoms with E-state index >= 15 is 0 Å². The molecule has 0 aliphatic rings. The molecule has 1 heterocycles. The van der Waals surface area contributed by atoms with E-state index in [2.05, 4.69) is 10.3 Å². The number of nitrogens with zero attached hydrogens (tertiary/aromatic N) is 3. The summed E-state index contributed by atoms with van der Waals surface area (Å²) >= 11 is 0. The van der Waals surface area contributed by atoms with Gasteiger partial charge in [-0.2, -0.15) is 0 Å². The third-order valence-electron chi connectivity index (χ3n) is 5.84. The molecule has 7 heteroatoms. The summed E-state index contributed by atoms with van der Waals surface area (Å²) in [6.07, 6.45) is 1.76. The van der Waals surface area contributed by atoms with Crippen LogP contribution in [0.3, 0.4) is 0 Å². The summed E-state index contributed by atoms with van der Waals surface area (Å²) in [6, 6.07) is 21.7. The fourth-order valence-corrected chi connectivity index (χ4v) is 3.79. The van der Waals surface area contributed by atoms with Gasteiger partial charge in [0.2, 0.25) is 11.9 Å². The zero-order chi connectivity index (χ0) is 24.9. The molecular formula is C28H27FN4O2. The van der Waals surface area contributed by atoms with Gasteiger partial charge in [-0.3, -0.25) is 19.5 Å². The van der Waals surface area contributed by atoms with E-state index in [-0.39, 0.29) is 24.2 Å². The summed E-state index contributed by atoms with van der Waals surface area (Å²) < 4.78 is 16.0. The first-order valence-electron chi connectivity index (χ1n) is 11.4. The van der Waals surface area contributed by atoms with Crippen LogP contribution in [0.15, 0.2) is 79.0 Å². The molecule has 0 spiro atoms. The third kappa shape index (κ3) is 5.30. The Morgan fingerprint density at radius 1 is 0.971 bits per heavy atom. The zero-order valence-electron chi connectivity index (χ0n) is 20.0. The van der Waals surface area contributed by atoms with Crippen molar-refractivity contribution >= 4 is 17.8 Å². The van der Waals surface area contributed by atoms with E-state index < -0.39 is 5.91 Å². The molecule has 4 aromatic rings. The molecule has 0 bridgehead atoms. The second-order valence-electron chi connectivity index (χ2n) is 8.30. The number of hydrogen-bond acceptors (Lipinski definition) is 3. The molecule has 0 aliphatic carbocycles. The first kappa shape index (κ1) is 23.9. The van der Waals surface area contributed by atoms with Crippen molar-refractivity contribution in [2.45, 2.75) is 20.8 Å². The van der Waals surface area contributed by atoms with Crippen LogP contribution in [0.25, 0.3) is 16.9 Å². The molecule has 0 atom stereocenters. The molecule has 0 fully saturated rings. The van der Waals surface area contributed by atoms with Crippen molar-refractivity contribution in [3.8, 4) is 16.9 Å². The van der Waals surface area contributed by atoms with Gasteiger partial charge in [0.05, 0.1) is 11.4 Å². The number of carbonyl (C=O) groups is 2. The van der Waals surface area contributed by atoms with Crippen LogP contribution < -0.4 is 5.32 Å². The molecular weight excluding hydrogens is 443 g/mol. The van der Waals surface area contributed by atoms with Crippen molar-refractivity contribution in [1.82, 2.24) is 14.5 Å². The number of carbonyl (C=O) groups excluding carboxylic acids is 2. The highest BCUT2D eigenvalue weighted by atomic mass is 19.1. The van der Waals surface area contributed by atoms with Gasteiger partial charge in [0, 0.05) is 23.9 Å². The Morgan fingerprint density at radius 3 is 2.37 bits per heavy atom. The van der Waals surface area contributed by atoms with E-state index in [1.807, 2.05) is 56.3 Å². The molecule has 6 nitrogen and oxygen atoms in total. The molecule has 4 rings (SSSR count). The van der Waals surface area contributed by atoms with E-state index in [0.717, 1.165) is 11.1 Å². The van der Waals surface area contributed by atoms with Crippen LogP contribution in [0.5, 0.6) is 0 Å². The highest BCUT2D eigenvalue weighted by Crippen LogP contribution is 2.25. The minimum Gasteiger partial charge on any atom is -0.330 e. The summed E-state index contributed by atoms with van der Waals surface area (Å²) in [6.45, 7) is 5.61. The molecule has 1 N–H and O–H groups in total. The van der Waals surface area contributed by atoms with Gasteiger partial charge in [-0.15, -0.1) is 0 Å². The van der Waals surface area contributed by atoms with E-state index in [0.29, 0.717) is 29.1 Å². The molecule has 0 saturated carbocycles. The smallest absolute Gasteiger partial charge is 0.254 e. The fourth-order valence-electron chi connectivity index (χ4n) is 3.79. The van der Waals surface area contributed by atoms with Gasteiger partial charge in [0.25, 0.3) is 5.91 Å². The predicted octanol–water partition coefficient (Wildman–Crippen LogP) is 5.40. The number of halogens is 1. The number of amides is 2. The largest absolute Gasteiger partial charge is 0.330 e. The van der Waals surface area contributed by atoms with Crippen LogP contribution in [0.4, 0.5) is 10.3 Å². The second kappa shape index (κ2) is 10.3. The van der Waals surface area contributed by atoms with E-state index in [1.54, 1.807) is 42.0 Å². The third-order valence-corrected chi connectivity index (χ3v) is 5.84. The maximum absolute atomic E-state index is 14.3. The molecule has 3 aromatic carbocycles. The molecule has 2 amide bonds. The molecule has 0 radical (unpaired) electrons. The monoisotopic (exact) mass is 470 g/mol. The fraction of sp³-hybridized carbons (Fsp3) is 0.179. The van der Waals surface area contributed by atoms with Crippen LogP contribution in [-0.4, -0.2) is 39.4 Å². The molecule has 35 heavy (non-hydrogen) atoms. The maximum Gasteiger partial charge on any atom is 0.254 e. The number of nitrogens with one attached hydrogen (secondary N) is 1. The summed E-state index contributed by atoms with van der Waals surface area (Å²) in [5.74, 6) is -0.713. The normalized spacial score (nSPS) is 10.7. The quantitative estimate of drug-likeness (QED) is 0.394. The standard InChI is InChI=1S/C28H27FN4O2/c1-4-32(27(35)23-13-9-8-10-19(23)2)18-26(34)31-28-30-25(21-11-6-5-7-12-21)17-33(28)22-15-14-20(3)24(29)16-22/h5-17H,4,18H2,1-3H3,(H,30,31,34). The summed E-state index contributed by atoms with van der Waals surface area (Å²) in [7, 11) is 0. The topological polar surface area (TPSA) is 67.2 Å². The van der Waals surface area contributed by atoms with Crippen LogP contribution in [0.1, 0.15) is 28.4 Å². The molecule has 178 valence electrons.